The highest BCUT2D eigenvalue weighted by Crippen LogP contribution is 2.30. The third kappa shape index (κ3) is 4.82. The second-order valence-electron chi connectivity index (χ2n) is 8.80. The van der Waals surface area contributed by atoms with E-state index in [1.54, 1.807) is 13.0 Å². The Balaban J connectivity index is 1.64. The van der Waals surface area contributed by atoms with Crippen LogP contribution in [0.15, 0.2) is 84.6 Å². The van der Waals surface area contributed by atoms with Crippen LogP contribution < -0.4 is 10.8 Å². The van der Waals surface area contributed by atoms with Gasteiger partial charge in [-0.05, 0) is 41.3 Å². The van der Waals surface area contributed by atoms with Crippen molar-refractivity contribution in [1.82, 2.24) is 10.8 Å². The zero-order chi connectivity index (χ0) is 24.1. The van der Waals surface area contributed by atoms with Gasteiger partial charge in [-0.15, -0.1) is 0 Å². The van der Waals surface area contributed by atoms with E-state index < -0.39 is 17.6 Å². The lowest BCUT2D eigenvalue weighted by atomic mass is 9.91. The van der Waals surface area contributed by atoms with E-state index in [0.717, 1.165) is 16.3 Å². The lowest BCUT2D eigenvalue weighted by Crippen LogP contribution is -2.43. The van der Waals surface area contributed by atoms with E-state index in [4.69, 9.17) is 9.57 Å². The Morgan fingerprint density at radius 1 is 1.00 bits per heavy atom. The maximum absolute atomic E-state index is 13.3. The maximum atomic E-state index is 13.3. The monoisotopic (exact) mass is 458 g/mol. The van der Waals surface area contributed by atoms with Gasteiger partial charge in [0, 0.05) is 12.0 Å². The highest BCUT2D eigenvalue weighted by molar-refractivity contribution is 6.07. The number of benzene rings is 3. The van der Waals surface area contributed by atoms with Crippen molar-refractivity contribution < 1.29 is 19.2 Å². The van der Waals surface area contributed by atoms with E-state index in [0.29, 0.717) is 17.7 Å². The van der Waals surface area contributed by atoms with Crippen LogP contribution in [0.3, 0.4) is 0 Å². The molecule has 176 valence electrons. The minimum absolute atomic E-state index is 0.0380. The van der Waals surface area contributed by atoms with Crippen LogP contribution in [0, 0.1) is 5.92 Å². The number of esters is 1. The Hall–Kier alpha value is -3.64. The summed E-state index contributed by atoms with van der Waals surface area (Å²) in [6.45, 7) is 6.03. The molecular weight excluding hydrogens is 428 g/mol. The fourth-order valence-corrected chi connectivity index (χ4v) is 4.27. The molecule has 0 radical (unpaired) electrons. The molecule has 0 spiro atoms. The van der Waals surface area contributed by atoms with Crippen LogP contribution in [0.1, 0.15) is 36.7 Å². The van der Waals surface area contributed by atoms with Crippen LogP contribution in [-0.2, 0) is 20.8 Å². The third-order valence-corrected chi connectivity index (χ3v) is 5.99. The van der Waals surface area contributed by atoms with Gasteiger partial charge >= 0.3 is 5.97 Å². The molecule has 2 atom stereocenters. The molecule has 0 fully saturated rings. The number of ether oxygens (including phenoxy) is 1. The molecule has 0 aliphatic carbocycles. The van der Waals surface area contributed by atoms with Crippen LogP contribution in [0.2, 0.25) is 0 Å². The fourth-order valence-electron chi connectivity index (χ4n) is 4.27. The van der Waals surface area contributed by atoms with Crippen LogP contribution in [0.25, 0.3) is 10.8 Å². The summed E-state index contributed by atoms with van der Waals surface area (Å²) in [4.78, 5) is 32.2. The zero-order valence-corrected chi connectivity index (χ0v) is 19.7. The molecule has 6 nitrogen and oxygen atoms in total. The summed E-state index contributed by atoms with van der Waals surface area (Å²) in [7, 11) is 0. The first kappa shape index (κ1) is 23.5. The molecule has 1 unspecified atom stereocenters. The molecule has 1 aliphatic heterocycles. The first-order valence-corrected chi connectivity index (χ1v) is 11.6. The van der Waals surface area contributed by atoms with Gasteiger partial charge in [-0.3, -0.25) is 15.1 Å². The Bertz CT molecular complexity index is 1200. The molecule has 0 saturated heterocycles. The summed E-state index contributed by atoms with van der Waals surface area (Å²) >= 11 is 0. The van der Waals surface area contributed by atoms with Crippen molar-refractivity contribution in [2.75, 3.05) is 6.61 Å². The van der Waals surface area contributed by atoms with Crippen LogP contribution >= 0.6 is 0 Å². The Labute approximate surface area is 199 Å². The molecule has 6 heteroatoms. The smallest absolute Gasteiger partial charge is 0.345 e. The Kier molecular flexibility index (Phi) is 6.98. The van der Waals surface area contributed by atoms with E-state index in [1.807, 2.05) is 86.6 Å². The summed E-state index contributed by atoms with van der Waals surface area (Å²) in [6.07, 6.45) is 2.07. The molecule has 1 aliphatic rings. The van der Waals surface area contributed by atoms with Gasteiger partial charge in [0.2, 0.25) is 5.60 Å². The third-order valence-electron chi connectivity index (χ3n) is 5.99. The van der Waals surface area contributed by atoms with Gasteiger partial charge in [0.1, 0.15) is 0 Å². The van der Waals surface area contributed by atoms with Crippen LogP contribution in [0.4, 0.5) is 0 Å². The zero-order valence-electron chi connectivity index (χ0n) is 19.7. The molecule has 0 saturated carbocycles. The van der Waals surface area contributed by atoms with Gasteiger partial charge in [0.25, 0.3) is 5.91 Å². The molecule has 3 aromatic rings. The van der Waals surface area contributed by atoms with E-state index >= 15 is 0 Å². The molecule has 1 heterocycles. The van der Waals surface area contributed by atoms with Crippen molar-refractivity contribution in [3.05, 3.63) is 95.7 Å². The molecule has 3 aromatic carbocycles. The number of hydroxylamine groups is 1. The molecule has 0 bridgehead atoms. The molecule has 2 N–H and O–H groups in total. The second kappa shape index (κ2) is 10.1. The summed E-state index contributed by atoms with van der Waals surface area (Å²) in [5.74, 6) is -0.616. The average Bonchev–Trinajstić information content (AvgIpc) is 3.27. The normalized spacial score (nSPS) is 18.3. The minimum atomic E-state index is -1.32. The standard InChI is InChI=1S/C28H30N2O4/c1-4-33-27(32)28(17-20-11-6-5-7-12-20)18-24(30-34-28)25(19(2)3)29-26(31)23-16-10-14-21-13-8-9-15-22(21)23/h5-16,18-19,25,30H,4,17H2,1-3H3,(H,29,31)/t25-,28?/m0/s1. The van der Waals surface area contributed by atoms with E-state index in [9.17, 15) is 9.59 Å². The number of hydrogen-bond donors (Lipinski definition) is 2. The van der Waals surface area contributed by atoms with Gasteiger partial charge in [0.05, 0.1) is 18.3 Å². The highest BCUT2D eigenvalue weighted by Gasteiger charge is 2.46. The number of nitrogens with one attached hydrogen (secondary N) is 2. The van der Waals surface area contributed by atoms with Crippen molar-refractivity contribution in [2.24, 2.45) is 5.92 Å². The molecular formula is C28H30N2O4. The van der Waals surface area contributed by atoms with Crippen molar-refractivity contribution >= 4 is 22.6 Å². The van der Waals surface area contributed by atoms with Crippen molar-refractivity contribution in [3.63, 3.8) is 0 Å². The Morgan fingerprint density at radius 2 is 1.71 bits per heavy atom. The van der Waals surface area contributed by atoms with Gasteiger partial charge < -0.3 is 10.1 Å². The van der Waals surface area contributed by atoms with E-state index in [-0.39, 0.29) is 18.4 Å². The molecule has 0 aromatic heterocycles. The summed E-state index contributed by atoms with van der Waals surface area (Å²) in [6, 6.07) is 22.7. The van der Waals surface area contributed by atoms with Crippen LogP contribution in [0.5, 0.6) is 0 Å². The average molecular weight is 459 g/mol. The van der Waals surface area contributed by atoms with Crippen molar-refractivity contribution in [1.29, 1.82) is 0 Å². The second-order valence-corrected chi connectivity index (χ2v) is 8.80. The molecule has 34 heavy (non-hydrogen) atoms. The predicted molar refractivity (Wildman–Crippen MR) is 132 cm³/mol. The largest absolute Gasteiger partial charge is 0.464 e. The first-order chi connectivity index (χ1) is 16.4. The summed E-state index contributed by atoms with van der Waals surface area (Å²) in [5, 5.41) is 5.03. The van der Waals surface area contributed by atoms with Crippen molar-refractivity contribution in [2.45, 2.75) is 38.8 Å². The summed E-state index contributed by atoms with van der Waals surface area (Å²) < 4.78 is 5.35. The quantitative estimate of drug-likeness (QED) is 0.484. The van der Waals surface area contributed by atoms with Gasteiger partial charge in [0.15, 0.2) is 0 Å². The molecule has 4 rings (SSSR count). The number of amides is 1. The Morgan fingerprint density at radius 3 is 2.44 bits per heavy atom. The van der Waals surface area contributed by atoms with Crippen LogP contribution in [-0.4, -0.2) is 30.1 Å². The highest BCUT2D eigenvalue weighted by atomic mass is 16.7. The topological polar surface area (TPSA) is 76.7 Å². The lowest BCUT2D eigenvalue weighted by molar-refractivity contribution is -0.168. The van der Waals surface area contributed by atoms with Gasteiger partial charge in [-0.1, -0.05) is 80.6 Å². The number of rotatable bonds is 8. The predicted octanol–water partition coefficient (Wildman–Crippen LogP) is 4.56. The number of hydrogen-bond acceptors (Lipinski definition) is 5. The number of fused-ring (bicyclic) bond motifs is 1. The van der Waals surface area contributed by atoms with Gasteiger partial charge in [-0.25, -0.2) is 4.79 Å². The maximum Gasteiger partial charge on any atom is 0.345 e. The van der Waals surface area contributed by atoms with E-state index in [2.05, 4.69) is 10.8 Å². The van der Waals surface area contributed by atoms with Crippen molar-refractivity contribution in [3.8, 4) is 0 Å². The summed E-state index contributed by atoms with van der Waals surface area (Å²) in [5.41, 5.74) is 3.79. The number of carbonyl (C=O) groups excluding carboxylic acids is 2. The molecule has 1 amide bonds. The SMILES string of the molecule is CCOC(=O)C1(Cc2ccccc2)C=C([C@@H](NC(=O)c2cccc3ccccc23)C(C)C)NO1. The lowest BCUT2D eigenvalue weighted by Gasteiger charge is -2.24. The first-order valence-electron chi connectivity index (χ1n) is 11.6. The fraction of sp³-hybridized carbons (Fsp3) is 0.286. The van der Waals surface area contributed by atoms with E-state index in [1.165, 1.54) is 0 Å². The minimum Gasteiger partial charge on any atom is -0.464 e. The van der Waals surface area contributed by atoms with Gasteiger partial charge in [-0.2, -0.15) is 0 Å². The number of carbonyl (C=O) groups is 2.